The van der Waals surface area contributed by atoms with Crippen LogP contribution in [0.5, 0.6) is 0 Å². The molecule has 30 heavy (non-hydrogen) atoms. The summed E-state index contributed by atoms with van der Waals surface area (Å²) < 4.78 is 11.7. The molecule has 3 aliphatic heterocycles. The van der Waals surface area contributed by atoms with Gasteiger partial charge in [-0.05, 0) is 50.8 Å². The summed E-state index contributed by atoms with van der Waals surface area (Å²) in [7, 11) is 0. The van der Waals surface area contributed by atoms with Gasteiger partial charge in [0.05, 0.1) is 11.5 Å². The van der Waals surface area contributed by atoms with Crippen LogP contribution in [0.4, 0.5) is 0 Å². The third-order valence-corrected chi connectivity index (χ3v) is 6.62. The Balaban J connectivity index is 1.95. The van der Waals surface area contributed by atoms with E-state index in [4.69, 9.17) is 9.47 Å². The molecule has 4 atom stereocenters. The third-order valence-electron chi connectivity index (χ3n) is 6.62. The van der Waals surface area contributed by atoms with Gasteiger partial charge in [-0.15, -0.1) is 0 Å². The highest BCUT2D eigenvalue weighted by atomic mass is 16.6. The highest BCUT2D eigenvalue weighted by molar-refractivity contribution is 6.26. The van der Waals surface area contributed by atoms with Crippen molar-refractivity contribution in [3.8, 4) is 0 Å². The van der Waals surface area contributed by atoms with Gasteiger partial charge in [-0.1, -0.05) is 48.5 Å². The Morgan fingerprint density at radius 2 is 1.90 bits per heavy atom. The predicted octanol–water partition coefficient (Wildman–Crippen LogP) is 3.88. The molecule has 2 aliphatic carbocycles. The lowest BCUT2D eigenvalue weighted by Gasteiger charge is -2.45. The number of fused-ring (bicyclic) bond motifs is 5. The number of carbonyl (C=O) groups excluding carboxylic acids is 2. The van der Waals surface area contributed by atoms with E-state index in [0.717, 1.165) is 16.7 Å². The molecule has 0 aromatic carbocycles. The highest BCUT2D eigenvalue weighted by Gasteiger charge is 2.64. The maximum absolute atomic E-state index is 13.8. The minimum Gasteiger partial charge on any atom is -0.488 e. The molecule has 1 spiro atoms. The van der Waals surface area contributed by atoms with Crippen molar-refractivity contribution >= 4 is 11.8 Å². The molecule has 4 unspecified atom stereocenters. The van der Waals surface area contributed by atoms with Crippen LogP contribution in [0.15, 0.2) is 70.6 Å². The summed E-state index contributed by atoms with van der Waals surface area (Å²) in [6.45, 7) is 8.19. The Bertz CT molecular complexity index is 989. The number of carbonyl (C=O) groups is 2. The van der Waals surface area contributed by atoms with Gasteiger partial charge >= 0.3 is 5.97 Å². The van der Waals surface area contributed by atoms with Gasteiger partial charge in [0.1, 0.15) is 17.9 Å². The van der Waals surface area contributed by atoms with Crippen LogP contribution in [-0.2, 0) is 19.1 Å². The number of allylic oxidation sites excluding steroid dienone is 4. The van der Waals surface area contributed by atoms with Gasteiger partial charge in [-0.2, -0.15) is 0 Å². The Hall–Kier alpha value is -2.66. The number of Topliss-reactive ketones (excluding diaryl/α,β-unsaturated/α-hetero) is 1. The minimum absolute atomic E-state index is 0.0197. The maximum atomic E-state index is 13.8. The van der Waals surface area contributed by atoms with Crippen molar-refractivity contribution in [1.82, 2.24) is 0 Å². The molecule has 0 aromatic rings. The molecule has 1 saturated heterocycles. The quantitative estimate of drug-likeness (QED) is 0.374. The van der Waals surface area contributed by atoms with Crippen LogP contribution >= 0.6 is 0 Å². The van der Waals surface area contributed by atoms with Crippen molar-refractivity contribution in [3.05, 3.63) is 70.6 Å². The van der Waals surface area contributed by atoms with E-state index in [0.29, 0.717) is 12.8 Å². The van der Waals surface area contributed by atoms with Gasteiger partial charge in [0, 0.05) is 6.42 Å². The normalized spacial score (nSPS) is 38.6. The summed E-state index contributed by atoms with van der Waals surface area (Å²) in [6.07, 6.45) is 13.3. The van der Waals surface area contributed by atoms with E-state index >= 15 is 0 Å². The van der Waals surface area contributed by atoms with E-state index in [1.807, 2.05) is 39.0 Å². The number of aliphatic hydroxyl groups excluding tert-OH is 1. The maximum Gasteiger partial charge on any atom is 0.346 e. The molecule has 1 N–H and O–H groups in total. The number of aliphatic hydroxyl groups is 1. The van der Waals surface area contributed by atoms with Gasteiger partial charge in [-0.25, -0.2) is 4.79 Å². The molecule has 158 valence electrons. The second-order valence-corrected chi connectivity index (χ2v) is 9.02. The SMILES string of the molecule is CC1=CC2(C)C=C(C)C(C)CC23OC(=O)/C(=C2\C=CC(=CC(O)CC=C1)CO2)C3=O. The standard InChI is InChI=1S/C25H28O5/c1-15-6-5-7-19(26)10-18-8-9-20(29-14-18)21-22(27)25(30-23(21)28)13-17(3)16(2)12-24(25,4)11-15/h5-6,8-12,17,19,26H,7,13-14H2,1-4H3/b6-5?,15-11?,18-10?,21-20+. The predicted molar refractivity (Wildman–Crippen MR) is 113 cm³/mol. The smallest absolute Gasteiger partial charge is 0.346 e. The van der Waals surface area contributed by atoms with Gasteiger partial charge in [0.15, 0.2) is 5.60 Å². The van der Waals surface area contributed by atoms with Crippen molar-refractivity contribution in [1.29, 1.82) is 0 Å². The van der Waals surface area contributed by atoms with E-state index in [-0.39, 0.29) is 29.6 Å². The van der Waals surface area contributed by atoms with Crippen LogP contribution in [0.3, 0.4) is 0 Å². The van der Waals surface area contributed by atoms with E-state index < -0.39 is 23.1 Å². The van der Waals surface area contributed by atoms with Gasteiger partial charge in [0.25, 0.3) is 0 Å². The van der Waals surface area contributed by atoms with E-state index in [9.17, 15) is 14.7 Å². The lowest BCUT2D eigenvalue weighted by Crippen LogP contribution is -2.53. The molecule has 5 nitrogen and oxygen atoms in total. The molecule has 5 rings (SSSR count). The summed E-state index contributed by atoms with van der Waals surface area (Å²) in [5.41, 5.74) is 0.782. The van der Waals surface area contributed by atoms with Crippen molar-refractivity contribution in [2.45, 2.75) is 52.2 Å². The topological polar surface area (TPSA) is 72.8 Å². The first-order valence-corrected chi connectivity index (χ1v) is 10.4. The first kappa shape index (κ1) is 20.6. The first-order chi connectivity index (χ1) is 14.1. The summed E-state index contributed by atoms with van der Waals surface area (Å²) in [5, 5.41) is 10.3. The number of hydrogen-bond donors (Lipinski definition) is 1. The third kappa shape index (κ3) is 3.21. The lowest BCUT2D eigenvalue weighted by atomic mass is 9.61. The molecule has 0 radical (unpaired) electrons. The van der Waals surface area contributed by atoms with Crippen molar-refractivity contribution in [3.63, 3.8) is 0 Å². The summed E-state index contributed by atoms with van der Waals surface area (Å²) >= 11 is 0. The summed E-state index contributed by atoms with van der Waals surface area (Å²) in [5.74, 6) is -0.603. The first-order valence-electron chi connectivity index (χ1n) is 10.4. The molecule has 4 bridgehead atoms. The molecule has 0 saturated carbocycles. The fourth-order valence-electron chi connectivity index (χ4n) is 4.88. The highest BCUT2D eigenvalue weighted by Crippen LogP contribution is 2.53. The van der Waals surface area contributed by atoms with Crippen LogP contribution < -0.4 is 0 Å². The number of hydrogen-bond acceptors (Lipinski definition) is 5. The molecular weight excluding hydrogens is 380 g/mol. The average molecular weight is 408 g/mol. The van der Waals surface area contributed by atoms with Gasteiger partial charge in [0.2, 0.25) is 5.78 Å². The monoisotopic (exact) mass is 408 g/mol. The zero-order chi connectivity index (χ0) is 21.7. The van der Waals surface area contributed by atoms with Crippen LogP contribution in [0.25, 0.3) is 0 Å². The zero-order valence-corrected chi connectivity index (χ0v) is 17.9. The zero-order valence-electron chi connectivity index (χ0n) is 17.9. The molecular formula is C25H28O5. The summed E-state index contributed by atoms with van der Waals surface area (Å²) in [6, 6.07) is 0. The van der Waals surface area contributed by atoms with Gasteiger partial charge in [-0.3, -0.25) is 4.79 Å². The number of rotatable bonds is 0. The fourth-order valence-corrected chi connectivity index (χ4v) is 4.88. The number of ether oxygens (including phenoxy) is 2. The molecule has 5 aliphatic rings. The molecule has 3 heterocycles. The van der Waals surface area contributed by atoms with E-state index in [1.54, 1.807) is 18.2 Å². The van der Waals surface area contributed by atoms with Crippen LogP contribution in [0, 0.1) is 11.3 Å². The average Bonchev–Trinajstić information content (AvgIpc) is 2.91. The molecule has 1 fully saturated rings. The van der Waals surface area contributed by atoms with Gasteiger partial charge < -0.3 is 14.6 Å². The largest absolute Gasteiger partial charge is 0.488 e. The Labute approximate surface area is 177 Å². The number of esters is 1. The Morgan fingerprint density at radius 3 is 2.60 bits per heavy atom. The van der Waals surface area contributed by atoms with Crippen LogP contribution in [-0.4, -0.2) is 35.2 Å². The second-order valence-electron chi connectivity index (χ2n) is 9.02. The van der Waals surface area contributed by atoms with E-state index in [1.165, 1.54) is 0 Å². The van der Waals surface area contributed by atoms with Crippen LogP contribution in [0.2, 0.25) is 0 Å². The summed E-state index contributed by atoms with van der Waals surface area (Å²) in [4.78, 5) is 26.7. The van der Waals surface area contributed by atoms with Crippen molar-refractivity contribution in [2.75, 3.05) is 6.61 Å². The van der Waals surface area contributed by atoms with Crippen molar-refractivity contribution in [2.24, 2.45) is 11.3 Å². The fraction of sp³-hybridized carbons (Fsp3) is 0.440. The Morgan fingerprint density at radius 1 is 1.13 bits per heavy atom. The Kier molecular flexibility index (Phi) is 4.97. The van der Waals surface area contributed by atoms with E-state index in [2.05, 4.69) is 13.0 Å². The minimum atomic E-state index is -1.30. The lowest BCUT2D eigenvalue weighted by molar-refractivity contribution is -0.162. The number of ketones is 1. The second kappa shape index (κ2) is 7.24. The van der Waals surface area contributed by atoms with Crippen LogP contribution in [0.1, 0.15) is 40.5 Å². The molecule has 0 amide bonds. The molecule has 5 heteroatoms. The van der Waals surface area contributed by atoms with Crippen molar-refractivity contribution < 1.29 is 24.2 Å². The molecule has 0 aromatic heterocycles.